The Kier molecular flexibility index (Phi) is 5.29. The first-order chi connectivity index (χ1) is 9.73. The van der Waals surface area contributed by atoms with Crippen LogP contribution in [-0.2, 0) is 9.59 Å². The van der Waals surface area contributed by atoms with Crippen molar-refractivity contribution in [3.05, 3.63) is 29.8 Å². The highest BCUT2D eigenvalue weighted by atomic mass is 16.5. The fraction of sp³-hybridized carbons (Fsp3) is 0.357. The summed E-state index contributed by atoms with van der Waals surface area (Å²) in [6, 6.07) is 6.39. The van der Waals surface area contributed by atoms with E-state index in [2.05, 4.69) is 10.7 Å². The van der Waals surface area contributed by atoms with Gasteiger partial charge in [0.05, 0.1) is 7.11 Å². The molecule has 0 fully saturated rings. The van der Waals surface area contributed by atoms with E-state index in [9.17, 15) is 14.4 Å². The number of rotatable bonds is 2. The molecule has 0 heterocycles. The van der Waals surface area contributed by atoms with Crippen LogP contribution >= 0.6 is 0 Å². The maximum absolute atomic E-state index is 11.8. The Morgan fingerprint density at radius 3 is 2.29 bits per heavy atom. The third kappa shape index (κ3) is 5.52. The van der Waals surface area contributed by atoms with E-state index >= 15 is 0 Å². The zero-order valence-electron chi connectivity index (χ0n) is 12.4. The molecule has 0 spiro atoms. The summed E-state index contributed by atoms with van der Waals surface area (Å²) in [6.45, 7) is 5.23. The predicted octanol–water partition coefficient (Wildman–Crippen LogP) is 0.371. The lowest BCUT2D eigenvalue weighted by molar-refractivity contribution is -0.140. The highest BCUT2D eigenvalue weighted by Crippen LogP contribution is 2.11. The molecule has 114 valence electrons. The van der Waals surface area contributed by atoms with Gasteiger partial charge in [-0.05, 0) is 39.0 Å². The molecule has 0 radical (unpaired) electrons. The van der Waals surface area contributed by atoms with Crippen LogP contribution in [0.1, 0.15) is 31.1 Å². The number of hydrogen-bond acceptors (Lipinski definition) is 4. The third-order valence-corrected chi connectivity index (χ3v) is 2.32. The molecule has 7 heteroatoms. The predicted molar refractivity (Wildman–Crippen MR) is 76.5 cm³/mol. The molecule has 0 aliphatic heterocycles. The van der Waals surface area contributed by atoms with E-state index in [0.29, 0.717) is 11.3 Å². The smallest absolute Gasteiger partial charge is 0.327 e. The summed E-state index contributed by atoms with van der Waals surface area (Å²) >= 11 is 0. The Labute approximate surface area is 123 Å². The zero-order chi connectivity index (χ0) is 16.0. The molecule has 7 nitrogen and oxygen atoms in total. The minimum atomic E-state index is -0.943. The second-order valence-electron chi connectivity index (χ2n) is 5.34. The summed E-state index contributed by atoms with van der Waals surface area (Å²) in [5.41, 5.74) is 3.97. The number of hydrogen-bond donors (Lipinski definition) is 3. The number of carbonyl (C=O) groups excluding carboxylic acids is 3. The summed E-state index contributed by atoms with van der Waals surface area (Å²) in [5.74, 6) is -1.81. The molecule has 0 bridgehead atoms. The van der Waals surface area contributed by atoms with Crippen molar-refractivity contribution in [3.63, 3.8) is 0 Å². The number of ether oxygens (including phenoxy) is 1. The lowest BCUT2D eigenvalue weighted by atomic mass is 10.1. The molecule has 0 unspecified atom stereocenters. The van der Waals surface area contributed by atoms with Gasteiger partial charge in [0.15, 0.2) is 0 Å². The first-order valence-electron chi connectivity index (χ1n) is 6.30. The van der Waals surface area contributed by atoms with E-state index in [4.69, 9.17) is 4.74 Å². The van der Waals surface area contributed by atoms with Gasteiger partial charge < -0.3 is 10.1 Å². The van der Waals surface area contributed by atoms with E-state index in [-0.39, 0.29) is 0 Å². The fourth-order valence-electron chi connectivity index (χ4n) is 1.40. The number of methoxy groups -OCH3 is 1. The van der Waals surface area contributed by atoms with Crippen LogP contribution in [0.15, 0.2) is 24.3 Å². The minimum Gasteiger partial charge on any atom is -0.497 e. The molecule has 1 aromatic carbocycles. The van der Waals surface area contributed by atoms with Crippen molar-refractivity contribution in [2.24, 2.45) is 0 Å². The third-order valence-electron chi connectivity index (χ3n) is 2.32. The Hall–Kier alpha value is -2.57. The molecule has 1 rings (SSSR count). The molecule has 0 aliphatic rings. The quantitative estimate of drug-likeness (QED) is 0.542. The van der Waals surface area contributed by atoms with Crippen LogP contribution in [-0.4, -0.2) is 30.4 Å². The van der Waals surface area contributed by atoms with Crippen LogP contribution in [0.4, 0.5) is 0 Å². The summed E-state index contributed by atoms with van der Waals surface area (Å²) in [5, 5.41) is 2.48. The van der Waals surface area contributed by atoms with Crippen molar-refractivity contribution in [1.29, 1.82) is 0 Å². The molecular weight excluding hydrogens is 274 g/mol. The topological polar surface area (TPSA) is 96.5 Å². The fourth-order valence-corrected chi connectivity index (χ4v) is 1.40. The standard InChI is InChI=1S/C14H19N3O4/c1-14(2,3)15-12(19)13(20)17-16-11(18)9-6-5-7-10(8-9)21-4/h5-8H,1-4H3,(H,15,19)(H,16,18)(H,17,20). The van der Waals surface area contributed by atoms with E-state index < -0.39 is 23.3 Å². The molecule has 1 aromatic rings. The lowest BCUT2D eigenvalue weighted by Gasteiger charge is -2.19. The monoisotopic (exact) mass is 293 g/mol. The first kappa shape index (κ1) is 16.5. The summed E-state index contributed by atoms with van der Waals surface area (Å²) in [4.78, 5) is 34.8. The molecule has 0 aliphatic carbocycles. The summed E-state index contributed by atoms with van der Waals surface area (Å²) in [7, 11) is 1.48. The van der Waals surface area contributed by atoms with Gasteiger partial charge in [0.2, 0.25) is 0 Å². The Balaban J connectivity index is 2.56. The van der Waals surface area contributed by atoms with Crippen LogP contribution in [0, 0.1) is 0 Å². The zero-order valence-corrected chi connectivity index (χ0v) is 12.4. The average molecular weight is 293 g/mol. The molecule has 21 heavy (non-hydrogen) atoms. The maximum atomic E-state index is 11.8. The Morgan fingerprint density at radius 2 is 1.71 bits per heavy atom. The van der Waals surface area contributed by atoms with Gasteiger partial charge in [-0.15, -0.1) is 0 Å². The Bertz CT molecular complexity index is 549. The van der Waals surface area contributed by atoms with Crippen LogP contribution in [0.3, 0.4) is 0 Å². The lowest BCUT2D eigenvalue weighted by Crippen LogP contribution is -2.52. The second kappa shape index (κ2) is 6.74. The van der Waals surface area contributed by atoms with Crippen LogP contribution < -0.4 is 20.9 Å². The van der Waals surface area contributed by atoms with Gasteiger partial charge in [0.1, 0.15) is 5.75 Å². The SMILES string of the molecule is COc1cccc(C(=O)NNC(=O)C(=O)NC(C)(C)C)c1. The summed E-state index contributed by atoms with van der Waals surface area (Å²) < 4.78 is 4.99. The number of hydrazine groups is 1. The van der Waals surface area contributed by atoms with Crippen LogP contribution in [0.5, 0.6) is 5.75 Å². The minimum absolute atomic E-state index is 0.297. The second-order valence-corrected chi connectivity index (χ2v) is 5.34. The number of benzene rings is 1. The van der Waals surface area contributed by atoms with Crippen LogP contribution in [0.25, 0.3) is 0 Å². The highest BCUT2D eigenvalue weighted by Gasteiger charge is 2.20. The molecule has 3 amide bonds. The largest absolute Gasteiger partial charge is 0.497 e. The molecule has 0 aromatic heterocycles. The van der Waals surface area contributed by atoms with Crippen molar-refractivity contribution < 1.29 is 19.1 Å². The van der Waals surface area contributed by atoms with Crippen LogP contribution in [0.2, 0.25) is 0 Å². The van der Waals surface area contributed by atoms with Gasteiger partial charge in [-0.3, -0.25) is 25.2 Å². The molecule has 3 N–H and O–H groups in total. The van der Waals surface area contributed by atoms with Gasteiger partial charge in [0, 0.05) is 11.1 Å². The van der Waals surface area contributed by atoms with E-state index in [0.717, 1.165) is 0 Å². The molecule has 0 saturated heterocycles. The molecular formula is C14H19N3O4. The van der Waals surface area contributed by atoms with Gasteiger partial charge in [0.25, 0.3) is 5.91 Å². The van der Waals surface area contributed by atoms with Crippen molar-refractivity contribution in [3.8, 4) is 5.75 Å². The normalized spacial score (nSPS) is 10.5. The highest BCUT2D eigenvalue weighted by molar-refractivity contribution is 6.35. The molecule has 0 atom stereocenters. The van der Waals surface area contributed by atoms with E-state index in [1.807, 2.05) is 5.43 Å². The van der Waals surface area contributed by atoms with E-state index in [1.165, 1.54) is 13.2 Å². The Morgan fingerprint density at radius 1 is 1.05 bits per heavy atom. The van der Waals surface area contributed by atoms with Crippen molar-refractivity contribution >= 4 is 17.7 Å². The first-order valence-corrected chi connectivity index (χ1v) is 6.30. The van der Waals surface area contributed by atoms with Gasteiger partial charge in [-0.1, -0.05) is 6.07 Å². The van der Waals surface area contributed by atoms with Crippen molar-refractivity contribution in [2.75, 3.05) is 7.11 Å². The van der Waals surface area contributed by atoms with E-state index in [1.54, 1.807) is 39.0 Å². The van der Waals surface area contributed by atoms with Gasteiger partial charge in [-0.2, -0.15) is 0 Å². The van der Waals surface area contributed by atoms with Gasteiger partial charge >= 0.3 is 11.8 Å². The number of amides is 3. The van der Waals surface area contributed by atoms with Crippen molar-refractivity contribution in [2.45, 2.75) is 26.3 Å². The number of carbonyl (C=O) groups is 3. The van der Waals surface area contributed by atoms with Crippen molar-refractivity contribution in [1.82, 2.24) is 16.2 Å². The average Bonchev–Trinajstić information content (AvgIpc) is 2.42. The number of nitrogens with one attached hydrogen (secondary N) is 3. The summed E-state index contributed by atoms with van der Waals surface area (Å²) in [6.07, 6.45) is 0. The van der Waals surface area contributed by atoms with Gasteiger partial charge in [-0.25, -0.2) is 0 Å². The molecule has 0 saturated carbocycles. The maximum Gasteiger partial charge on any atom is 0.327 e.